The van der Waals surface area contributed by atoms with Gasteiger partial charge in [0.15, 0.2) is 0 Å². The Morgan fingerprint density at radius 1 is 1.20 bits per heavy atom. The molecule has 2 aromatic rings. The summed E-state index contributed by atoms with van der Waals surface area (Å²) in [6, 6.07) is 9.93. The lowest BCUT2D eigenvalue weighted by atomic mass is 10.1. The first-order valence-electron chi connectivity index (χ1n) is 4.61. The Labute approximate surface area is 102 Å². The second kappa shape index (κ2) is 4.42. The Kier molecular flexibility index (Phi) is 3.17. The van der Waals surface area contributed by atoms with E-state index in [9.17, 15) is 0 Å². The van der Waals surface area contributed by atoms with Crippen LogP contribution in [-0.2, 0) is 0 Å². The van der Waals surface area contributed by atoms with E-state index in [1.54, 1.807) is 6.26 Å². The molecule has 1 aromatic heterocycles. The third kappa shape index (κ3) is 2.44. The highest BCUT2D eigenvalue weighted by atomic mass is 79.9. The molecule has 1 atom stereocenters. The lowest BCUT2D eigenvalue weighted by Crippen LogP contribution is -1.90. The lowest BCUT2D eigenvalue weighted by Gasteiger charge is -2.06. The Balaban J connectivity index is 2.28. The number of aryl methyl sites for hydroxylation is 1. The van der Waals surface area contributed by atoms with Crippen LogP contribution < -0.4 is 0 Å². The van der Waals surface area contributed by atoms with Crippen LogP contribution in [0.25, 0.3) is 0 Å². The fourth-order valence-electron chi connectivity index (χ4n) is 1.42. The first-order valence-corrected chi connectivity index (χ1v) is 5.84. The Bertz CT molecular complexity index is 447. The number of halogens is 2. The van der Waals surface area contributed by atoms with Crippen LogP contribution >= 0.6 is 27.5 Å². The molecule has 1 heterocycles. The zero-order chi connectivity index (χ0) is 10.8. The van der Waals surface area contributed by atoms with E-state index < -0.39 is 0 Å². The summed E-state index contributed by atoms with van der Waals surface area (Å²) in [4.78, 5) is 0. The predicted octanol–water partition coefficient (Wildman–Crippen LogP) is 4.68. The van der Waals surface area contributed by atoms with E-state index in [2.05, 4.69) is 15.9 Å². The predicted molar refractivity (Wildman–Crippen MR) is 65.3 cm³/mol. The maximum Gasteiger partial charge on any atom is 0.101 e. The van der Waals surface area contributed by atoms with Crippen LogP contribution in [0.1, 0.15) is 22.3 Å². The molecule has 0 aliphatic carbocycles. The Hall–Kier alpha value is -0.730. The minimum Gasteiger partial charge on any atom is -0.469 e. The molecule has 0 bridgehead atoms. The third-order valence-electron chi connectivity index (χ3n) is 2.21. The van der Waals surface area contributed by atoms with Gasteiger partial charge in [0.05, 0.1) is 11.6 Å². The second-order valence-corrected chi connectivity index (χ2v) is 4.76. The molecule has 0 N–H and O–H groups in total. The van der Waals surface area contributed by atoms with Crippen molar-refractivity contribution >= 4 is 27.5 Å². The van der Waals surface area contributed by atoms with E-state index in [1.807, 2.05) is 37.3 Å². The molecular weight excluding hydrogens is 275 g/mol. The van der Waals surface area contributed by atoms with Crippen LogP contribution in [0.4, 0.5) is 0 Å². The quantitative estimate of drug-likeness (QED) is 0.730. The molecule has 0 fully saturated rings. The molecule has 0 spiro atoms. The standard InChI is InChI=1S/C12H10BrClO/c1-8-6-10(7-15-8)12(14)9-2-4-11(13)5-3-9/h2-7,12H,1H3. The van der Waals surface area contributed by atoms with Crippen LogP contribution in [0.5, 0.6) is 0 Å². The van der Waals surface area contributed by atoms with E-state index in [1.165, 1.54) is 0 Å². The minimum absolute atomic E-state index is 0.143. The van der Waals surface area contributed by atoms with Crippen molar-refractivity contribution in [1.82, 2.24) is 0 Å². The lowest BCUT2D eigenvalue weighted by molar-refractivity contribution is 0.532. The third-order valence-corrected chi connectivity index (χ3v) is 3.24. The van der Waals surface area contributed by atoms with Gasteiger partial charge in [0.2, 0.25) is 0 Å². The molecule has 1 nitrogen and oxygen atoms in total. The number of hydrogen-bond donors (Lipinski definition) is 0. The smallest absolute Gasteiger partial charge is 0.101 e. The van der Waals surface area contributed by atoms with Crippen molar-refractivity contribution in [2.75, 3.05) is 0 Å². The number of furan rings is 1. The maximum atomic E-state index is 6.32. The zero-order valence-electron chi connectivity index (χ0n) is 8.21. The highest BCUT2D eigenvalue weighted by molar-refractivity contribution is 9.10. The Morgan fingerprint density at radius 3 is 2.40 bits per heavy atom. The molecule has 2 rings (SSSR count). The fourth-order valence-corrected chi connectivity index (χ4v) is 1.95. The number of benzene rings is 1. The molecule has 0 saturated carbocycles. The summed E-state index contributed by atoms with van der Waals surface area (Å²) in [7, 11) is 0. The van der Waals surface area contributed by atoms with Crippen molar-refractivity contribution in [3.63, 3.8) is 0 Å². The monoisotopic (exact) mass is 284 g/mol. The van der Waals surface area contributed by atoms with Gasteiger partial charge in [-0.15, -0.1) is 11.6 Å². The van der Waals surface area contributed by atoms with E-state index in [0.29, 0.717) is 0 Å². The van der Waals surface area contributed by atoms with Crippen molar-refractivity contribution < 1.29 is 4.42 Å². The van der Waals surface area contributed by atoms with Gasteiger partial charge in [0, 0.05) is 10.0 Å². The van der Waals surface area contributed by atoms with E-state index in [-0.39, 0.29) is 5.38 Å². The Morgan fingerprint density at radius 2 is 1.87 bits per heavy atom. The number of rotatable bonds is 2. The molecule has 0 aliphatic rings. The normalized spacial score (nSPS) is 12.7. The van der Waals surface area contributed by atoms with Crippen LogP contribution in [-0.4, -0.2) is 0 Å². The molecule has 3 heteroatoms. The van der Waals surface area contributed by atoms with Gasteiger partial charge in [0.25, 0.3) is 0 Å². The maximum absolute atomic E-state index is 6.32. The van der Waals surface area contributed by atoms with Gasteiger partial charge in [-0.1, -0.05) is 28.1 Å². The van der Waals surface area contributed by atoms with Crippen molar-refractivity contribution in [3.05, 3.63) is 58.0 Å². The van der Waals surface area contributed by atoms with Crippen LogP contribution in [0.2, 0.25) is 0 Å². The van der Waals surface area contributed by atoms with Crippen LogP contribution in [0, 0.1) is 6.92 Å². The summed E-state index contributed by atoms with van der Waals surface area (Å²) in [5.74, 6) is 0.882. The molecule has 0 saturated heterocycles. The summed E-state index contributed by atoms with van der Waals surface area (Å²) >= 11 is 9.72. The fraction of sp³-hybridized carbons (Fsp3) is 0.167. The molecule has 78 valence electrons. The molecule has 0 amide bonds. The number of alkyl halides is 1. The molecule has 1 unspecified atom stereocenters. The van der Waals surface area contributed by atoms with Gasteiger partial charge in [-0.05, 0) is 30.7 Å². The summed E-state index contributed by atoms with van der Waals surface area (Å²) in [5.41, 5.74) is 2.07. The topological polar surface area (TPSA) is 13.1 Å². The van der Waals surface area contributed by atoms with Crippen molar-refractivity contribution in [2.45, 2.75) is 12.3 Å². The average Bonchev–Trinajstić information content (AvgIpc) is 2.65. The van der Waals surface area contributed by atoms with Crippen LogP contribution in [0.15, 0.2) is 45.5 Å². The van der Waals surface area contributed by atoms with Gasteiger partial charge in [-0.3, -0.25) is 0 Å². The van der Waals surface area contributed by atoms with Gasteiger partial charge in [-0.2, -0.15) is 0 Å². The number of hydrogen-bond acceptors (Lipinski definition) is 1. The van der Waals surface area contributed by atoms with E-state index in [0.717, 1.165) is 21.4 Å². The van der Waals surface area contributed by atoms with Gasteiger partial charge >= 0.3 is 0 Å². The molecule has 1 aromatic carbocycles. The average molecular weight is 286 g/mol. The first-order chi connectivity index (χ1) is 7.16. The zero-order valence-corrected chi connectivity index (χ0v) is 10.5. The molecule has 0 aliphatic heterocycles. The highest BCUT2D eigenvalue weighted by Crippen LogP contribution is 2.30. The van der Waals surface area contributed by atoms with Crippen molar-refractivity contribution in [2.24, 2.45) is 0 Å². The molecule has 0 radical (unpaired) electrons. The first kappa shape index (κ1) is 10.8. The summed E-state index contributed by atoms with van der Waals surface area (Å²) in [6.45, 7) is 1.91. The summed E-state index contributed by atoms with van der Waals surface area (Å²) in [5, 5.41) is -0.143. The summed E-state index contributed by atoms with van der Waals surface area (Å²) in [6.07, 6.45) is 1.70. The summed E-state index contributed by atoms with van der Waals surface area (Å²) < 4.78 is 6.29. The van der Waals surface area contributed by atoms with Gasteiger partial charge in [-0.25, -0.2) is 0 Å². The minimum atomic E-state index is -0.143. The van der Waals surface area contributed by atoms with Crippen molar-refractivity contribution in [3.8, 4) is 0 Å². The molecular formula is C12H10BrClO. The van der Waals surface area contributed by atoms with Gasteiger partial charge < -0.3 is 4.42 Å². The highest BCUT2D eigenvalue weighted by Gasteiger charge is 2.12. The molecule has 15 heavy (non-hydrogen) atoms. The van der Waals surface area contributed by atoms with Crippen molar-refractivity contribution in [1.29, 1.82) is 0 Å². The van der Waals surface area contributed by atoms with Gasteiger partial charge in [0.1, 0.15) is 5.76 Å². The van der Waals surface area contributed by atoms with Crippen LogP contribution in [0.3, 0.4) is 0 Å². The van der Waals surface area contributed by atoms with E-state index in [4.69, 9.17) is 16.0 Å². The second-order valence-electron chi connectivity index (χ2n) is 3.40. The van der Waals surface area contributed by atoms with E-state index >= 15 is 0 Å². The SMILES string of the molecule is Cc1cc(C(Cl)c2ccc(Br)cc2)co1. The largest absolute Gasteiger partial charge is 0.469 e.